The summed E-state index contributed by atoms with van der Waals surface area (Å²) < 4.78 is 5.51. The molecule has 0 bridgehead atoms. The lowest BCUT2D eigenvalue weighted by Crippen LogP contribution is -1.93. The molecule has 2 aromatic rings. The molecule has 2 rings (SSSR count). The van der Waals surface area contributed by atoms with Gasteiger partial charge in [0.15, 0.2) is 0 Å². The molecule has 0 aliphatic rings. The van der Waals surface area contributed by atoms with Gasteiger partial charge in [0.2, 0.25) is 0 Å². The third kappa shape index (κ3) is 1.78. The van der Waals surface area contributed by atoms with Crippen molar-refractivity contribution in [3.63, 3.8) is 0 Å². The number of hydrogen-bond donors (Lipinski definition) is 1. The molecule has 17 heavy (non-hydrogen) atoms. The molecule has 0 radical (unpaired) electrons. The van der Waals surface area contributed by atoms with E-state index in [9.17, 15) is 5.11 Å². The summed E-state index contributed by atoms with van der Waals surface area (Å²) in [6.45, 7) is 4.29. The topological polar surface area (TPSA) is 53.2 Å². The highest BCUT2D eigenvalue weighted by Crippen LogP contribution is 2.35. The maximum Gasteiger partial charge on any atom is 0.141 e. The number of ether oxygens (including phenoxy) is 1. The van der Waals surface area contributed by atoms with E-state index in [4.69, 9.17) is 10.00 Å². The Morgan fingerprint density at radius 3 is 2.76 bits per heavy atom. The van der Waals surface area contributed by atoms with E-state index in [-0.39, 0.29) is 5.75 Å². The molecule has 0 unspecified atom stereocenters. The number of hydrogen-bond acceptors (Lipinski definition) is 3. The summed E-state index contributed by atoms with van der Waals surface area (Å²) in [5, 5.41) is 20.5. The van der Waals surface area contributed by atoms with Crippen LogP contribution in [0.15, 0.2) is 24.3 Å². The van der Waals surface area contributed by atoms with E-state index in [1.807, 2.05) is 31.2 Å². The van der Waals surface area contributed by atoms with E-state index in [0.29, 0.717) is 17.6 Å². The Kier molecular flexibility index (Phi) is 2.88. The van der Waals surface area contributed by atoms with Crippen molar-refractivity contribution in [3.8, 4) is 17.6 Å². The standard InChI is InChI=1S/C14H13NO2/c1-3-17-13-6-4-5-10-11(13)7-9(2)12(8-15)14(10)16/h4-7,16H,3H2,1-2H3. The Morgan fingerprint density at radius 1 is 1.35 bits per heavy atom. The van der Waals surface area contributed by atoms with Crippen LogP contribution in [-0.4, -0.2) is 11.7 Å². The van der Waals surface area contributed by atoms with Crippen LogP contribution in [0, 0.1) is 18.3 Å². The number of nitrogens with zero attached hydrogens (tertiary/aromatic N) is 1. The smallest absolute Gasteiger partial charge is 0.141 e. The van der Waals surface area contributed by atoms with Crippen LogP contribution in [0.2, 0.25) is 0 Å². The van der Waals surface area contributed by atoms with Crippen molar-refractivity contribution in [1.29, 1.82) is 5.26 Å². The Morgan fingerprint density at radius 2 is 2.12 bits per heavy atom. The van der Waals surface area contributed by atoms with Crippen molar-refractivity contribution in [2.75, 3.05) is 6.61 Å². The van der Waals surface area contributed by atoms with Crippen LogP contribution in [0.25, 0.3) is 10.8 Å². The van der Waals surface area contributed by atoms with E-state index in [0.717, 1.165) is 16.7 Å². The fourth-order valence-corrected chi connectivity index (χ4v) is 1.93. The highest BCUT2D eigenvalue weighted by atomic mass is 16.5. The highest BCUT2D eigenvalue weighted by molar-refractivity contribution is 5.95. The molecule has 0 amide bonds. The summed E-state index contributed by atoms with van der Waals surface area (Å²) >= 11 is 0. The fraction of sp³-hybridized carbons (Fsp3) is 0.214. The maximum absolute atomic E-state index is 10.0. The van der Waals surface area contributed by atoms with Gasteiger partial charge in [0.05, 0.1) is 12.2 Å². The van der Waals surface area contributed by atoms with Gasteiger partial charge in [-0.3, -0.25) is 0 Å². The van der Waals surface area contributed by atoms with Crippen LogP contribution in [0.4, 0.5) is 0 Å². The molecule has 0 saturated heterocycles. The van der Waals surface area contributed by atoms with Crippen LogP contribution >= 0.6 is 0 Å². The molecule has 0 aliphatic heterocycles. The van der Waals surface area contributed by atoms with Gasteiger partial charge in [-0.05, 0) is 31.5 Å². The third-order valence-corrected chi connectivity index (χ3v) is 2.72. The first-order chi connectivity index (χ1) is 8.19. The average molecular weight is 227 g/mol. The predicted octanol–water partition coefficient (Wildman–Crippen LogP) is 3.12. The van der Waals surface area contributed by atoms with Gasteiger partial charge in [-0.15, -0.1) is 0 Å². The van der Waals surface area contributed by atoms with Gasteiger partial charge in [-0.1, -0.05) is 12.1 Å². The Hall–Kier alpha value is -2.21. The molecule has 0 aliphatic carbocycles. The summed E-state index contributed by atoms with van der Waals surface area (Å²) in [5.41, 5.74) is 1.08. The normalized spacial score (nSPS) is 10.2. The molecule has 2 aromatic carbocycles. The van der Waals surface area contributed by atoms with Crippen LogP contribution in [-0.2, 0) is 0 Å². The monoisotopic (exact) mass is 227 g/mol. The molecule has 86 valence electrons. The van der Waals surface area contributed by atoms with Crippen molar-refractivity contribution in [2.45, 2.75) is 13.8 Å². The number of aryl methyl sites for hydroxylation is 1. The molecule has 0 fully saturated rings. The van der Waals surface area contributed by atoms with E-state index < -0.39 is 0 Å². The summed E-state index contributed by atoms with van der Waals surface area (Å²) in [5.74, 6) is 0.761. The van der Waals surface area contributed by atoms with Gasteiger partial charge in [-0.25, -0.2) is 0 Å². The van der Waals surface area contributed by atoms with Crippen molar-refractivity contribution in [2.24, 2.45) is 0 Å². The summed E-state index contributed by atoms with van der Waals surface area (Å²) in [7, 11) is 0. The zero-order valence-electron chi connectivity index (χ0n) is 9.82. The number of phenols is 1. The Labute approximate surface area is 99.9 Å². The molecule has 1 N–H and O–H groups in total. The third-order valence-electron chi connectivity index (χ3n) is 2.72. The number of fused-ring (bicyclic) bond motifs is 1. The molecular weight excluding hydrogens is 214 g/mol. The molecule has 0 aromatic heterocycles. The van der Waals surface area contributed by atoms with E-state index >= 15 is 0 Å². The quantitative estimate of drug-likeness (QED) is 0.857. The van der Waals surface area contributed by atoms with Crippen LogP contribution in [0.5, 0.6) is 11.5 Å². The molecule has 3 heteroatoms. The van der Waals surface area contributed by atoms with Gasteiger partial charge >= 0.3 is 0 Å². The zero-order chi connectivity index (χ0) is 12.4. The molecule has 0 saturated carbocycles. The van der Waals surface area contributed by atoms with Gasteiger partial charge < -0.3 is 9.84 Å². The lowest BCUT2D eigenvalue weighted by molar-refractivity contribution is 0.344. The van der Waals surface area contributed by atoms with Crippen molar-refractivity contribution < 1.29 is 9.84 Å². The zero-order valence-corrected chi connectivity index (χ0v) is 9.82. The molecule has 0 atom stereocenters. The first-order valence-electron chi connectivity index (χ1n) is 5.47. The first-order valence-corrected chi connectivity index (χ1v) is 5.47. The summed E-state index contributed by atoms with van der Waals surface area (Å²) in [4.78, 5) is 0. The minimum atomic E-state index is 0.0315. The van der Waals surface area contributed by atoms with Gasteiger partial charge in [0.25, 0.3) is 0 Å². The predicted molar refractivity (Wildman–Crippen MR) is 66.2 cm³/mol. The minimum absolute atomic E-state index is 0.0315. The fourth-order valence-electron chi connectivity index (χ4n) is 1.93. The van der Waals surface area contributed by atoms with Crippen molar-refractivity contribution >= 4 is 10.8 Å². The Balaban J connectivity index is 2.82. The van der Waals surface area contributed by atoms with Gasteiger partial charge in [0.1, 0.15) is 17.6 Å². The largest absolute Gasteiger partial charge is 0.506 e. The summed E-state index contributed by atoms with van der Waals surface area (Å²) in [6.07, 6.45) is 0. The molecule has 0 spiro atoms. The SMILES string of the molecule is CCOc1cccc2c(O)c(C#N)c(C)cc12. The van der Waals surface area contributed by atoms with E-state index in [2.05, 4.69) is 0 Å². The van der Waals surface area contributed by atoms with Crippen LogP contribution < -0.4 is 4.74 Å². The van der Waals surface area contributed by atoms with E-state index in [1.54, 1.807) is 13.0 Å². The number of benzene rings is 2. The maximum atomic E-state index is 10.0. The van der Waals surface area contributed by atoms with Crippen LogP contribution in [0.1, 0.15) is 18.1 Å². The number of aromatic hydroxyl groups is 1. The molecule has 0 heterocycles. The number of nitriles is 1. The van der Waals surface area contributed by atoms with Gasteiger partial charge in [-0.2, -0.15) is 5.26 Å². The molecule has 3 nitrogen and oxygen atoms in total. The second-order valence-electron chi connectivity index (χ2n) is 3.81. The second kappa shape index (κ2) is 4.34. The van der Waals surface area contributed by atoms with Gasteiger partial charge in [0, 0.05) is 10.8 Å². The van der Waals surface area contributed by atoms with Crippen molar-refractivity contribution in [1.82, 2.24) is 0 Å². The lowest BCUT2D eigenvalue weighted by atomic mass is 10.0. The average Bonchev–Trinajstić information content (AvgIpc) is 2.31. The second-order valence-corrected chi connectivity index (χ2v) is 3.81. The first kappa shape index (κ1) is 11.3. The van der Waals surface area contributed by atoms with Crippen molar-refractivity contribution in [3.05, 3.63) is 35.4 Å². The minimum Gasteiger partial charge on any atom is -0.506 e. The Bertz CT molecular complexity index is 612. The summed E-state index contributed by atoms with van der Waals surface area (Å²) in [6, 6.07) is 9.34. The lowest BCUT2D eigenvalue weighted by Gasteiger charge is -2.10. The molecular formula is C14H13NO2. The van der Waals surface area contributed by atoms with Crippen LogP contribution in [0.3, 0.4) is 0 Å². The highest BCUT2D eigenvalue weighted by Gasteiger charge is 2.12. The number of rotatable bonds is 2. The van der Waals surface area contributed by atoms with E-state index in [1.165, 1.54) is 0 Å². The number of phenolic OH excluding ortho intramolecular Hbond substituents is 1.